The number of nitrogens with zero attached hydrogens (tertiary/aromatic N) is 1. The first-order valence-corrected chi connectivity index (χ1v) is 15.5. The van der Waals surface area contributed by atoms with Crippen LogP contribution in [0.25, 0.3) is 22.4 Å². The second-order valence-corrected chi connectivity index (χ2v) is 15.6. The van der Waals surface area contributed by atoms with Gasteiger partial charge in [0.25, 0.3) is 0 Å². The predicted molar refractivity (Wildman–Crippen MR) is 123 cm³/mol. The summed E-state index contributed by atoms with van der Waals surface area (Å²) in [6.45, 7) is 11.2. The molecule has 0 saturated heterocycles. The topological polar surface area (TPSA) is 67.4 Å². The molecule has 155 valence electrons. The van der Waals surface area contributed by atoms with Crippen LogP contribution in [0.5, 0.6) is 11.5 Å². The molecule has 3 rings (SSSR count). The SMILES string of the molecule is COc1cc(CC(C)C[Si](C)O[Si](C)(C)C)c(O)c(-c2nc3ccccc3[nH]2)c1. The molecule has 0 amide bonds. The number of phenolic OH excluding ortho intramolecular Hbond substituents is 1. The zero-order valence-electron chi connectivity index (χ0n) is 18.2. The molecule has 0 bridgehead atoms. The lowest BCUT2D eigenvalue weighted by atomic mass is 9.98. The minimum atomic E-state index is -1.51. The Morgan fingerprint density at radius 1 is 1.21 bits per heavy atom. The van der Waals surface area contributed by atoms with Crippen LogP contribution in [-0.4, -0.2) is 39.5 Å². The largest absolute Gasteiger partial charge is 0.507 e. The van der Waals surface area contributed by atoms with Crippen molar-refractivity contribution in [2.75, 3.05) is 7.11 Å². The standard InChI is InChI=1S/C22H31N2O3Si2/c1-15(14-28(3)27-29(4,5)6)11-16-12-17(26-2)13-18(21(16)25)22-23-19-9-7-8-10-20(19)24-22/h7-10,12-13,15,25H,11,14H2,1-6H3,(H,23,24). The first kappa shape index (κ1) is 21.6. The van der Waals surface area contributed by atoms with Crippen LogP contribution in [0.4, 0.5) is 0 Å². The average molecular weight is 428 g/mol. The van der Waals surface area contributed by atoms with E-state index in [1.165, 1.54) is 0 Å². The number of methoxy groups -OCH3 is 1. The number of nitrogens with one attached hydrogen (secondary N) is 1. The number of para-hydroxylation sites is 2. The number of ether oxygens (including phenoxy) is 1. The van der Waals surface area contributed by atoms with Gasteiger partial charge in [0, 0.05) is 0 Å². The Bertz CT molecular complexity index is 949. The third kappa shape index (κ3) is 5.49. The van der Waals surface area contributed by atoms with Gasteiger partial charge in [-0.15, -0.1) is 0 Å². The fourth-order valence-corrected chi connectivity index (χ4v) is 9.34. The number of aromatic hydroxyl groups is 1. The van der Waals surface area contributed by atoms with Crippen molar-refractivity contribution in [3.63, 3.8) is 0 Å². The molecule has 1 radical (unpaired) electrons. The molecular weight excluding hydrogens is 396 g/mol. The first-order valence-electron chi connectivity index (χ1n) is 10.0. The minimum absolute atomic E-state index is 0.271. The van der Waals surface area contributed by atoms with E-state index in [0.717, 1.165) is 34.8 Å². The van der Waals surface area contributed by atoms with Crippen LogP contribution in [0.1, 0.15) is 12.5 Å². The van der Waals surface area contributed by atoms with Gasteiger partial charge in [-0.1, -0.05) is 19.1 Å². The number of hydrogen-bond acceptors (Lipinski definition) is 4. The minimum Gasteiger partial charge on any atom is -0.507 e. The number of H-pyrrole nitrogens is 1. The fraction of sp³-hybridized carbons (Fsp3) is 0.409. The van der Waals surface area contributed by atoms with E-state index >= 15 is 0 Å². The summed E-state index contributed by atoms with van der Waals surface area (Å²) in [6.07, 6.45) is 0.771. The summed E-state index contributed by atoms with van der Waals surface area (Å²) in [5, 5.41) is 11.0. The number of phenols is 1. The molecule has 2 aromatic carbocycles. The zero-order valence-corrected chi connectivity index (χ0v) is 20.2. The maximum Gasteiger partial charge on any atom is 0.194 e. The Morgan fingerprint density at radius 3 is 2.59 bits per heavy atom. The smallest absolute Gasteiger partial charge is 0.194 e. The Kier molecular flexibility index (Phi) is 6.50. The van der Waals surface area contributed by atoms with Gasteiger partial charge in [-0.2, -0.15) is 0 Å². The molecule has 1 aromatic heterocycles. The predicted octanol–water partition coefficient (Wildman–Crippen LogP) is 5.60. The van der Waals surface area contributed by atoms with E-state index in [0.29, 0.717) is 17.3 Å². The Balaban J connectivity index is 1.86. The van der Waals surface area contributed by atoms with Gasteiger partial charge in [-0.25, -0.2) is 4.98 Å². The molecule has 5 nitrogen and oxygen atoms in total. The molecule has 0 aliphatic heterocycles. The molecule has 3 aromatic rings. The molecule has 1 unspecified atom stereocenters. The van der Waals surface area contributed by atoms with Crippen LogP contribution in [0.2, 0.25) is 32.2 Å². The van der Waals surface area contributed by atoms with E-state index in [9.17, 15) is 5.11 Å². The maximum atomic E-state index is 11.0. The van der Waals surface area contributed by atoms with Gasteiger partial charge in [-0.3, -0.25) is 0 Å². The highest BCUT2D eigenvalue weighted by atomic mass is 28.4. The molecular formula is C22H31N2O3Si2. The van der Waals surface area contributed by atoms with Crippen LogP contribution in [0.15, 0.2) is 36.4 Å². The number of rotatable bonds is 8. The molecule has 1 atom stereocenters. The maximum absolute atomic E-state index is 11.0. The summed E-state index contributed by atoms with van der Waals surface area (Å²) < 4.78 is 11.8. The molecule has 0 aliphatic carbocycles. The average Bonchev–Trinajstić information content (AvgIpc) is 3.05. The second-order valence-electron chi connectivity index (χ2n) is 8.72. The number of benzene rings is 2. The van der Waals surface area contributed by atoms with E-state index in [2.05, 4.69) is 43.1 Å². The number of imidazole rings is 1. The third-order valence-corrected chi connectivity index (χ3v) is 9.84. The number of aromatic amines is 1. The molecule has 1 heterocycles. The summed E-state index contributed by atoms with van der Waals surface area (Å²) in [5.41, 5.74) is 3.38. The summed E-state index contributed by atoms with van der Waals surface area (Å²) in [7, 11) is -0.703. The van der Waals surface area contributed by atoms with Gasteiger partial charge in [0.1, 0.15) is 17.3 Å². The van der Waals surface area contributed by atoms with Crippen molar-refractivity contribution in [1.29, 1.82) is 0 Å². The molecule has 0 fully saturated rings. The van der Waals surface area contributed by atoms with Gasteiger partial charge >= 0.3 is 0 Å². The molecule has 0 saturated carbocycles. The lowest BCUT2D eigenvalue weighted by molar-refractivity contribution is 0.410. The van der Waals surface area contributed by atoms with Crippen molar-refractivity contribution in [1.82, 2.24) is 9.97 Å². The Hall–Kier alpha value is -2.10. The normalized spacial score (nSPS) is 13.2. The molecule has 0 aliphatic rings. The van der Waals surface area contributed by atoms with Gasteiger partial charge < -0.3 is 18.9 Å². The summed E-state index contributed by atoms with van der Waals surface area (Å²) in [6, 6.07) is 12.7. The van der Waals surface area contributed by atoms with E-state index in [1.54, 1.807) is 7.11 Å². The van der Waals surface area contributed by atoms with E-state index in [1.807, 2.05) is 36.4 Å². The van der Waals surface area contributed by atoms with Gasteiger partial charge in [0.05, 0.1) is 23.7 Å². The van der Waals surface area contributed by atoms with Crippen molar-refractivity contribution in [3.05, 3.63) is 42.0 Å². The van der Waals surface area contributed by atoms with E-state index < -0.39 is 17.4 Å². The lowest BCUT2D eigenvalue weighted by Crippen LogP contribution is -2.34. The van der Waals surface area contributed by atoms with Gasteiger partial charge in [-0.05, 0) is 74.4 Å². The van der Waals surface area contributed by atoms with Crippen LogP contribution in [0, 0.1) is 5.92 Å². The molecule has 0 spiro atoms. The highest BCUT2D eigenvalue weighted by molar-refractivity contribution is 6.77. The van der Waals surface area contributed by atoms with Crippen molar-refractivity contribution >= 4 is 28.4 Å². The summed E-state index contributed by atoms with van der Waals surface area (Å²) in [4.78, 5) is 7.95. The number of aromatic nitrogens is 2. The molecule has 7 heteroatoms. The summed E-state index contributed by atoms with van der Waals surface area (Å²) in [5.74, 6) is 2.05. The number of hydrogen-bond donors (Lipinski definition) is 2. The highest BCUT2D eigenvalue weighted by Gasteiger charge is 2.23. The van der Waals surface area contributed by atoms with Crippen molar-refractivity contribution in [3.8, 4) is 22.9 Å². The fourth-order valence-electron chi connectivity index (χ4n) is 3.70. The molecule has 2 N–H and O–H groups in total. The van der Waals surface area contributed by atoms with Crippen LogP contribution in [-0.2, 0) is 10.5 Å². The van der Waals surface area contributed by atoms with Crippen LogP contribution < -0.4 is 4.74 Å². The second kappa shape index (κ2) is 8.73. The monoisotopic (exact) mass is 427 g/mol. The zero-order chi connectivity index (χ0) is 21.2. The lowest BCUT2D eigenvalue weighted by Gasteiger charge is -2.24. The van der Waals surface area contributed by atoms with Crippen LogP contribution >= 0.6 is 0 Å². The number of fused-ring (bicyclic) bond motifs is 1. The first-order chi connectivity index (χ1) is 13.7. The van der Waals surface area contributed by atoms with Crippen LogP contribution in [0.3, 0.4) is 0 Å². The highest BCUT2D eigenvalue weighted by Crippen LogP contribution is 2.37. The van der Waals surface area contributed by atoms with Crippen molar-refractivity contribution < 1.29 is 14.0 Å². The third-order valence-electron chi connectivity index (χ3n) is 4.73. The van der Waals surface area contributed by atoms with E-state index in [-0.39, 0.29) is 5.75 Å². The van der Waals surface area contributed by atoms with Crippen molar-refractivity contribution in [2.24, 2.45) is 5.92 Å². The van der Waals surface area contributed by atoms with Gasteiger partial charge in [0.2, 0.25) is 0 Å². The quantitative estimate of drug-likeness (QED) is 0.460. The Morgan fingerprint density at radius 2 is 1.93 bits per heavy atom. The van der Waals surface area contributed by atoms with Gasteiger partial charge in [0.15, 0.2) is 17.4 Å². The molecule has 29 heavy (non-hydrogen) atoms. The summed E-state index contributed by atoms with van der Waals surface area (Å²) >= 11 is 0. The van der Waals surface area contributed by atoms with E-state index in [4.69, 9.17) is 8.85 Å². The van der Waals surface area contributed by atoms with Crippen molar-refractivity contribution in [2.45, 2.75) is 45.6 Å². The Labute approximate surface area is 176 Å².